The zero-order chi connectivity index (χ0) is 15.8. The summed E-state index contributed by atoms with van der Waals surface area (Å²) in [4.78, 5) is 2.54. The van der Waals surface area contributed by atoms with Crippen LogP contribution in [0, 0.1) is 17.8 Å². The van der Waals surface area contributed by atoms with Crippen LogP contribution in [0.5, 0.6) is 0 Å². The summed E-state index contributed by atoms with van der Waals surface area (Å²) in [6.07, 6.45) is 5.01. The summed E-state index contributed by atoms with van der Waals surface area (Å²) in [5.74, 6) is 2.32. The zero-order valence-corrected chi connectivity index (χ0v) is 14.9. The fourth-order valence-electron chi connectivity index (χ4n) is 4.34. The van der Waals surface area contributed by atoms with Gasteiger partial charge in [-0.1, -0.05) is 34.6 Å². The van der Waals surface area contributed by atoms with Gasteiger partial charge in [-0.15, -0.1) is 0 Å². The van der Waals surface area contributed by atoms with Crippen molar-refractivity contribution in [3.8, 4) is 0 Å². The Bertz CT molecular complexity index is 268. The van der Waals surface area contributed by atoms with Crippen LogP contribution in [0.2, 0.25) is 0 Å². The second-order valence-corrected chi connectivity index (χ2v) is 7.07. The minimum atomic E-state index is 0.278. The van der Waals surface area contributed by atoms with E-state index < -0.39 is 0 Å². The molecule has 0 heterocycles. The smallest absolute Gasteiger partial charge is 0.0558 e. The maximum Gasteiger partial charge on any atom is 0.0558 e. The summed E-state index contributed by atoms with van der Waals surface area (Å²) in [6, 6.07) is 1.26. The van der Waals surface area contributed by atoms with Crippen molar-refractivity contribution < 1.29 is 5.11 Å². The van der Waals surface area contributed by atoms with Gasteiger partial charge in [-0.05, 0) is 50.0 Å². The summed E-state index contributed by atoms with van der Waals surface area (Å²) in [5, 5.41) is 13.2. The van der Waals surface area contributed by atoms with Gasteiger partial charge in [0.05, 0.1) is 6.61 Å². The molecule has 0 radical (unpaired) electrons. The van der Waals surface area contributed by atoms with Gasteiger partial charge in [-0.25, -0.2) is 0 Å². The quantitative estimate of drug-likeness (QED) is 0.686. The molecule has 4 unspecified atom stereocenters. The lowest BCUT2D eigenvalue weighted by Crippen LogP contribution is -2.51. The summed E-state index contributed by atoms with van der Waals surface area (Å²) in [7, 11) is 0. The van der Waals surface area contributed by atoms with E-state index in [-0.39, 0.29) is 6.61 Å². The van der Waals surface area contributed by atoms with Gasteiger partial charge in [0.1, 0.15) is 0 Å². The van der Waals surface area contributed by atoms with Crippen molar-refractivity contribution in [1.29, 1.82) is 0 Å². The minimum Gasteiger partial charge on any atom is -0.395 e. The van der Waals surface area contributed by atoms with Crippen LogP contribution >= 0.6 is 0 Å². The van der Waals surface area contributed by atoms with Gasteiger partial charge >= 0.3 is 0 Å². The van der Waals surface area contributed by atoms with E-state index in [1.165, 1.54) is 25.7 Å². The predicted octanol–water partition coefficient (Wildman–Crippen LogP) is 3.13. The third-order valence-electron chi connectivity index (χ3n) is 5.44. The van der Waals surface area contributed by atoms with Crippen molar-refractivity contribution in [2.75, 3.05) is 26.2 Å². The highest BCUT2D eigenvalue weighted by Gasteiger charge is 2.35. The average molecular weight is 299 g/mol. The molecule has 3 nitrogen and oxygen atoms in total. The molecule has 0 aromatic heterocycles. The fourth-order valence-corrected chi connectivity index (χ4v) is 4.34. The Morgan fingerprint density at radius 1 is 1.14 bits per heavy atom. The van der Waals surface area contributed by atoms with Gasteiger partial charge < -0.3 is 10.4 Å². The van der Waals surface area contributed by atoms with E-state index in [9.17, 15) is 5.11 Å². The monoisotopic (exact) mass is 298 g/mol. The molecule has 126 valence electrons. The molecule has 1 rings (SSSR count). The molecule has 0 amide bonds. The number of hydrogen-bond acceptors (Lipinski definition) is 3. The van der Waals surface area contributed by atoms with Crippen molar-refractivity contribution in [2.45, 2.75) is 72.4 Å². The van der Waals surface area contributed by atoms with E-state index in [0.29, 0.717) is 18.0 Å². The predicted molar refractivity (Wildman–Crippen MR) is 91.5 cm³/mol. The van der Waals surface area contributed by atoms with Crippen LogP contribution in [0.4, 0.5) is 0 Å². The van der Waals surface area contributed by atoms with Crippen molar-refractivity contribution in [3.63, 3.8) is 0 Å². The molecule has 1 aliphatic rings. The molecular weight excluding hydrogens is 260 g/mol. The minimum absolute atomic E-state index is 0.278. The van der Waals surface area contributed by atoms with Gasteiger partial charge in [0.2, 0.25) is 0 Å². The fraction of sp³-hybridized carbons (Fsp3) is 1.00. The van der Waals surface area contributed by atoms with Crippen LogP contribution in [0.25, 0.3) is 0 Å². The lowest BCUT2D eigenvalue weighted by Gasteiger charge is -2.44. The van der Waals surface area contributed by atoms with Crippen molar-refractivity contribution >= 4 is 0 Å². The highest BCUT2D eigenvalue weighted by Crippen LogP contribution is 2.34. The molecule has 1 aliphatic carbocycles. The normalized spacial score (nSPS) is 30.3. The summed E-state index contributed by atoms with van der Waals surface area (Å²) in [5.41, 5.74) is 0. The molecule has 0 saturated heterocycles. The summed E-state index contributed by atoms with van der Waals surface area (Å²) >= 11 is 0. The summed E-state index contributed by atoms with van der Waals surface area (Å²) < 4.78 is 0. The van der Waals surface area contributed by atoms with Gasteiger partial charge in [0, 0.05) is 25.2 Å². The molecule has 0 bridgehead atoms. The molecule has 1 saturated carbocycles. The van der Waals surface area contributed by atoms with Gasteiger partial charge in [0.25, 0.3) is 0 Å². The lowest BCUT2D eigenvalue weighted by atomic mass is 9.72. The average Bonchev–Trinajstić information content (AvgIpc) is 2.44. The third-order valence-corrected chi connectivity index (χ3v) is 5.44. The standard InChI is InChI=1S/C18H38N2O/c1-6-16(7-2)20(9-10-21)13-17-15(5)11-14(4)12-18(17)19-8-3/h14-19,21H,6-13H2,1-5H3. The van der Waals surface area contributed by atoms with E-state index in [0.717, 1.165) is 31.5 Å². The van der Waals surface area contributed by atoms with Crippen LogP contribution in [0.3, 0.4) is 0 Å². The van der Waals surface area contributed by atoms with E-state index in [1.807, 2.05) is 0 Å². The molecule has 1 fully saturated rings. The number of nitrogens with one attached hydrogen (secondary N) is 1. The number of aliphatic hydroxyl groups excluding tert-OH is 1. The number of rotatable bonds is 9. The molecule has 21 heavy (non-hydrogen) atoms. The molecule has 2 N–H and O–H groups in total. The second kappa shape index (κ2) is 9.81. The van der Waals surface area contributed by atoms with Crippen LogP contribution < -0.4 is 5.32 Å². The Labute approximate surface area is 132 Å². The number of nitrogens with zero attached hydrogens (tertiary/aromatic N) is 1. The van der Waals surface area contributed by atoms with Crippen LogP contribution in [0.15, 0.2) is 0 Å². The van der Waals surface area contributed by atoms with Crippen molar-refractivity contribution in [1.82, 2.24) is 10.2 Å². The Balaban J connectivity index is 2.76. The number of aliphatic hydroxyl groups is 1. The highest BCUT2D eigenvalue weighted by atomic mass is 16.3. The van der Waals surface area contributed by atoms with Crippen molar-refractivity contribution in [2.24, 2.45) is 17.8 Å². The first-order valence-corrected chi connectivity index (χ1v) is 9.15. The van der Waals surface area contributed by atoms with Gasteiger partial charge in [-0.2, -0.15) is 0 Å². The van der Waals surface area contributed by atoms with Crippen LogP contribution in [-0.2, 0) is 0 Å². The highest BCUT2D eigenvalue weighted by molar-refractivity contribution is 4.90. The molecule has 0 aromatic rings. The Morgan fingerprint density at radius 3 is 2.33 bits per heavy atom. The molecule has 4 atom stereocenters. The molecule has 0 aliphatic heterocycles. The Hall–Kier alpha value is -0.120. The number of hydrogen-bond donors (Lipinski definition) is 2. The maximum absolute atomic E-state index is 9.43. The summed E-state index contributed by atoms with van der Waals surface area (Å²) in [6.45, 7) is 14.9. The van der Waals surface area contributed by atoms with E-state index in [4.69, 9.17) is 0 Å². The maximum atomic E-state index is 9.43. The van der Waals surface area contributed by atoms with Crippen LogP contribution in [-0.4, -0.2) is 48.3 Å². The van der Waals surface area contributed by atoms with Gasteiger partial charge in [-0.3, -0.25) is 4.90 Å². The first-order chi connectivity index (χ1) is 10.1. The first-order valence-electron chi connectivity index (χ1n) is 9.15. The molecular formula is C18H38N2O. The van der Waals surface area contributed by atoms with E-state index in [1.54, 1.807) is 0 Å². The van der Waals surface area contributed by atoms with E-state index in [2.05, 4.69) is 44.8 Å². The van der Waals surface area contributed by atoms with Crippen molar-refractivity contribution in [3.05, 3.63) is 0 Å². The molecule has 0 aromatic carbocycles. The zero-order valence-electron chi connectivity index (χ0n) is 14.9. The Kier molecular flexibility index (Phi) is 8.84. The third kappa shape index (κ3) is 5.54. The topological polar surface area (TPSA) is 35.5 Å². The molecule has 3 heteroatoms. The van der Waals surface area contributed by atoms with E-state index >= 15 is 0 Å². The second-order valence-electron chi connectivity index (χ2n) is 7.07. The van der Waals surface area contributed by atoms with Gasteiger partial charge in [0.15, 0.2) is 0 Å². The molecule has 0 spiro atoms. The lowest BCUT2D eigenvalue weighted by molar-refractivity contribution is 0.0656. The first kappa shape index (κ1) is 18.9. The Morgan fingerprint density at radius 2 is 1.81 bits per heavy atom. The SMILES string of the molecule is CCNC1CC(C)CC(C)C1CN(CCO)C(CC)CC. The largest absolute Gasteiger partial charge is 0.395 e. The van der Waals surface area contributed by atoms with Crippen LogP contribution in [0.1, 0.15) is 60.3 Å².